The molecule has 1 amide bonds. The zero-order chi connectivity index (χ0) is 21.4. The highest BCUT2D eigenvalue weighted by Crippen LogP contribution is 2.49. The number of hydrogen-bond acceptors (Lipinski definition) is 6. The maximum absolute atomic E-state index is 12.2. The van der Waals surface area contributed by atoms with Gasteiger partial charge >= 0.3 is 5.97 Å². The van der Waals surface area contributed by atoms with Crippen molar-refractivity contribution in [1.29, 1.82) is 0 Å². The Labute approximate surface area is 183 Å². The van der Waals surface area contributed by atoms with E-state index >= 15 is 0 Å². The van der Waals surface area contributed by atoms with E-state index in [0.717, 1.165) is 21.9 Å². The Morgan fingerprint density at radius 2 is 2.13 bits per heavy atom. The number of rotatable bonds is 4. The SMILES string of the molecule is CCOC(=O)c1cn2c(n1)SC(c1ccccc1)C(c1ccc3c(c1)NC(=O)CO3)=C2. The van der Waals surface area contributed by atoms with Gasteiger partial charge in [-0.15, -0.1) is 0 Å². The minimum Gasteiger partial charge on any atom is -0.482 e. The van der Waals surface area contributed by atoms with Gasteiger partial charge in [0.25, 0.3) is 5.91 Å². The molecule has 0 spiro atoms. The molecule has 2 aromatic carbocycles. The van der Waals surface area contributed by atoms with Gasteiger partial charge in [0.15, 0.2) is 17.5 Å². The van der Waals surface area contributed by atoms with Crippen molar-refractivity contribution in [2.75, 3.05) is 18.5 Å². The predicted octanol–water partition coefficient (Wildman–Crippen LogP) is 4.24. The second kappa shape index (κ2) is 7.96. The second-order valence-electron chi connectivity index (χ2n) is 7.08. The van der Waals surface area contributed by atoms with Crippen LogP contribution in [-0.4, -0.2) is 34.6 Å². The molecule has 0 aliphatic carbocycles. The number of fused-ring (bicyclic) bond motifs is 2. The van der Waals surface area contributed by atoms with Crippen molar-refractivity contribution in [2.45, 2.75) is 17.3 Å². The topological polar surface area (TPSA) is 82.5 Å². The van der Waals surface area contributed by atoms with Crippen LogP contribution in [0.1, 0.15) is 33.8 Å². The number of ether oxygens (including phenoxy) is 2. The number of imidazole rings is 1. The van der Waals surface area contributed by atoms with Gasteiger partial charge in [-0.3, -0.25) is 4.79 Å². The Balaban J connectivity index is 1.60. The summed E-state index contributed by atoms with van der Waals surface area (Å²) in [6.45, 7) is 2.09. The third-order valence-electron chi connectivity index (χ3n) is 5.01. The Hall–Kier alpha value is -3.52. The molecule has 3 heterocycles. The molecule has 0 fully saturated rings. The molecule has 3 aromatic rings. The number of hydrogen-bond donors (Lipinski definition) is 1. The summed E-state index contributed by atoms with van der Waals surface area (Å²) >= 11 is 1.56. The lowest BCUT2D eigenvalue weighted by molar-refractivity contribution is -0.118. The van der Waals surface area contributed by atoms with Crippen LogP contribution in [0.4, 0.5) is 5.69 Å². The lowest BCUT2D eigenvalue weighted by atomic mass is 9.97. The van der Waals surface area contributed by atoms with Crippen molar-refractivity contribution in [1.82, 2.24) is 9.55 Å². The van der Waals surface area contributed by atoms with E-state index in [1.54, 1.807) is 24.9 Å². The number of anilines is 1. The molecule has 5 rings (SSSR count). The molecule has 1 atom stereocenters. The maximum Gasteiger partial charge on any atom is 0.358 e. The van der Waals surface area contributed by atoms with Gasteiger partial charge in [-0.1, -0.05) is 48.2 Å². The van der Waals surface area contributed by atoms with Crippen molar-refractivity contribution >= 4 is 41.1 Å². The van der Waals surface area contributed by atoms with Crippen LogP contribution in [0.25, 0.3) is 11.8 Å². The average Bonchev–Trinajstić information content (AvgIpc) is 3.22. The molecule has 0 saturated heterocycles. The molecule has 7 nitrogen and oxygen atoms in total. The third kappa shape index (κ3) is 3.70. The largest absolute Gasteiger partial charge is 0.482 e. The summed E-state index contributed by atoms with van der Waals surface area (Å²) < 4.78 is 12.4. The van der Waals surface area contributed by atoms with Gasteiger partial charge in [-0.05, 0) is 35.8 Å². The fourth-order valence-corrected chi connectivity index (χ4v) is 4.82. The molecule has 1 aromatic heterocycles. The summed E-state index contributed by atoms with van der Waals surface area (Å²) in [5, 5.41) is 3.55. The molecule has 0 saturated carbocycles. The maximum atomic E-state index is 12.2. The lowest BCUT2D eigenvalue weighted by Crippen LogP contribution is -2.25. The number of nitrogens with zero attached hydrogens (tertiary/aromatic N) is 2. The van der Waals surface area contributed by atoms with Crippen LogP contribution in [0, 0.1) is 0 Å². The minimum atomic E-state index is -0.440. The van der Waals surface area contributed by atoms with Crippen molar-refractivity contribution < 1.29 is 19.1 Å². The van der Waals surface area contributed by atoms with Gasteiger partial charge in [0.1, 0.15) is 5.75 Å². The van der Waals surface area contributed by atoms with E-state index in [1.807, 2.05) is 47.2 Å². The van der Waals surface area contributed by atoms with Crippen LogP contribution in [-0.2, 0) is 9.53 Å². The summed E-state index contributed by atoms with van der Waals surface area (Å²) in [6, 6.07) is 15.9. The predicted molar refractivity (Wildman–Crippen MR) is 118 cm³/mol. The van der Waals surface area contributed by atoms with Gasteiger partial charge in [-0.25, -0.2) is 9.78 Å². The van der Waals surface area contributed by atoms with Crippen LogP contribution in [0.5, 0.6) is 5.75 Å². The second-order valence-corrected chi connectivity index (χ2v) is 8.15. The van der Waals surface area contributed by atoms with E-state index in [9.17, 15) is 9.59 Å². The fraction of sp³-hybridized carbons (Fsp3) is 0.174. The summed E-state index contributed by atoms with van der Waals surface area (Å²) in [7, 11) is 0. The standard InChI is InChI=1S/C23H19N3O4S/c1-2-29-22(28)18-12-26-11-16(15-8-9-19-17(10-15)24-20(27)13-30-19)21(31-23(26)25-18)14-6-4-3-5-7-14/h3-12,21H,2,13H2,1H3,(H,24,27). The highest BCUT2D eigenvalue weighted by Gasteiger charge is 2.29. The summed E-state index contributed by atoms with van der Waals surface area (Å²) in [5.41, 5.74) is 4.01. The molecule has 0 radical (unpaired) electrons. The highest BCUT2D eigenvalue weighted by atomic mass is 32.2. The number of aromatic nitrogens is 2. The van der Waals surface area contributed by atoms with E-state index < -0.39 is 5.97 Å². The first-order chi connectivity index (χ1) is 15.1. The van der Waals surface area contributed by atoms with E-state index in [2.05, 4.69) is 22.4 Å². The summed E-state index contributed by atoms with van der Waals surface area (Å²) in [6.07, 6.45) is 3.66. The minimum absolute atomic E-state index is 0.0204. The number of benzene rings is 2. The van der Waals surface area contributed by atoms with Crippen molar-refractivity contribution in [3.63, 3.8) is 0 Å². The number of amides is 1. The van der Waals surface area contributed by atoms with Crippen molar-refractivity contribution in [3.8, 4) is 5.75 Å². The molecule has 0 bridgehead atoms. The van der Waals surface area contributed by atoms with Gasteiger partial charge in [0.2, 0.25) is 0 Å². The van der Waals surface area contributed by atoms with Crippen LogP contribution in [0.15, 0.2) is 59.9 Å². The van der Waals surface area contributed by atoms with E-state index in [-0.39, 0.29) is 23.5 Å². The molecular formula is C23H19N3O4S. The number of esters is 1. The number of carbonyl (C=O) groups excluding carboxylic acids is 2. The van der Waals surface area contributed by atoms with Crippen molar-refractivity contribution in [2.24, 2.45) is 0 Å². The summed E-state index contributed by atoms with van der Waals surface area (Å²) in [4.78, 5) is 28.4. The normalized spacial score (nSPS) is 17.0. The third-order valence-corrected chi connectivity index (χ3v) is 6.29. The molecule has 1 N–H and O–H groups in total. The number of carbonyl (C=O) groups is 2. The molecule has 2 aliphatic rings. The van der Waals surface area contributed by atoms with E-state index in [1.165, 1.54) is 0 Å². The monoisotopic (exact) mass is 433 g/mol. The molecular weight excluding hydrogens is 414 g/mol. The van der Waals surface area contributed by atoms with Crippen LogP contribution in [0.2, 0.25) is 0 Å². The first-order valence-corrected chi connectivity index (χ1v) is 10.8. The zero-order valence-corrected chi connectivity index (χ0v) is 17.5. The molecule has 1 unspecified atom stereocenters. The van der Waals surface area contributed by atoms with Crippen LogP contribution >= 0.6 is 11.8 Å². The molecule has 2 aliphatic heterocycles. The van der Waals surface area contributed by atoms with Gasteiger partial charge in [-0.2, -0.15) is 0 Å². The Morgan fingerprint density at radius 3 is 2.94 bits per heavy atom. The van der Waals surface area contributed by atoms with E-state index in [4.69, 9.17) is 9.47 Å². The quantitative estimate of drug-likeness (QED) is 0.620. The molecule has 31 heavy (non-hydrogen) atoms. The lowest BCUT2D eigenvalue weighted by Gasteiger charge is -2.26. The van der Waals surface area contributed by atoms with Crippen LogP contribution in [0.3, 0.4) is 0 Å². The smallest absolute Gasteiger partial charge is 0.358 e. The van der Waals surface area contributed by atoms with E-state index in [0.29, 0.717) is 18.0 Å². The highest BCUT2D eigenvalue weighted by molar-refractivity contribution is 7.99. The van der Waals surface area contributed by atoms with Gasteiger partial charge in [0, 0.05) is 12.4 Å². The Morgan fingerprint density at radius 1 is 1.29 bits per heavy atom. The van der Waals surface area contributed by atoms with Gasteiger partial charge in [0.05, 0.1) is 17.5 Å². The van der Waals surface area contributed by atoms with Crippen LogP contribution < -0.4 is 10.1 Å². The average molecular weight is 433 g/mol. The molecule has 8 heteroatoms. The zero-order valence-electron chi connectivity index (χ0n) is 16.7. The summed E-state index contributed by atoms with van der Waals surface area (Å²) in [5.74, 6) is 0.0358. The first kappa shape index (κ1) is 19.4. The molecule has 156 valence electrons. The fourth-order valence-electron chi connectivity index (χ4n) is 3.61. The van der Waals surface area contributed by atoms with Crippen molar-refractivity contribution in [3.05, 3.63) is 71.5 Å². The Kier molecular flexibility index (Phi) is 4.99. The Bertz CT molecular complexity index is 1200. The van der Waals surface area contributed by atoms with Gasteiger partial charge < -0.3 is 19.4 Å². The number of nitrogens with one attached hydrogen (secondary N) is 1. The first-order valence-electron chi connectivity index (χ1n) is 9.88. The number of thioether (sulfide) groups is 1.